The lowest BCUT2D eigenvalue weighted by atomic mass is 10.1. The average Bonchev–Trinajstić information content (AvgIpc) is 4.22. The Balaban J connectivity index is 0.888. The third-order valence-corrected chi connectivity index (χ3v) is 18.9. The molecule has 0 aliphatic carbocycles. The summed E-state index contributed by atoms with van der Waals surface area (Å²) in [5, 5.41) is 7.51. The molecule has 0 saturated carbocycles. The zero-order valence-corrected chi connectivity index (χ0v) is 47.4. The standard InChI is InChI=1S/C72H56N4S3/c1-45-12-7-17-50(34-45)73(6)51-22-28-67-61(39-51)62-41-57(24-30-68(62)77-67)75(54-20-10-15-48(4)37-54)58-25-32-71-65(43-58)66-44-60(27-33-72(66)79-71)76(55-21-11-16-49(5)38-55)59-26-31-70-64(42-59)63-40-56(23-29-69(63)78-70)74(52-18-8-13-46(2)35-52)53-19-9-14-47(3)36-53/h7-44H,1-6H3. The van der Waals surface area contributed by atoms with Gasteiger partial charge in [-0.15, -0.1) is 34.0 Å². The van der Waals surface area contributed by atoms with Crippen molar-refractivity contribution in [2.45, 2.75) is 34.6 Å². The van der Waals surface area contributed by atoms with Crippen LogP contribution in [0.25, 0.3) is 60.5 Å². The van der Waals surface area contributed by atoms with Crippen molar-refractivity contribution in [3.63, 3.8) is 0 Å². The first kappa shape index (κ1) is 48.6. The normalized spacial score (nSPS) is 11.7. The van der Waals surface area contributed by atoms with Crippen LogP contribution in [0.4, 0.5) is 62.6 Å². The number of benzene rings is 11. The summed E-state index contributed by atoms with van der Waals surface area (Å²) in [5.41, 5.74) is 18.7. The van der Waals surface area contributed by atoms with E-state index in [2.05, 4.69) is 292 Å². The summed E-state index contributed by atoms with van der Waals surface area (Å²) in [7, 11) is 2.16. The predicted molar refractivity (Wildman–Crippen MR) is 347 cm³/mol. The summed E-state index contributed by atoms with van der Waals surface area (Å²) in [4.78, 5) is 9.57. The van der Waals surface area contributed by atoms with E-state index >= 15 is 0 Å². The maximum Gasteiger partial charge on any atom is 0.0468 e. The highest BCUT2D eigenvalue weighted by molar-refractivity contribution is 7.26. The molecule has 7 heteroatoms. The minimum atomic E-state index is 1.12. The van der Waals surface area contributed by atoms with Gasteiger partial charge in [-0.25, -0.2) is 0 Å². The number of rotatable bonds is 11. The van der Waals surface area contributed by atoms with Crippen LogP contribution in [0.2, 0.25) is 0 Å². The highest BCUT2D eigenvalue weighted by Gasteiger charge is 2.22. The Labute approximate surface area is 473 Å². The highest BCUT2D eigenvalue weighted by atomic mass is 32.1. The smallest absolute Gasteiger partial charge is 0.0468 e. The number of thiophene rings is 3. The largest absolute Gasteiger partial charge is 0.345 e. The second-order valence-electron chi connectivity index (χ2n) is 21.1. The van der Waals surface area contributed by atoms with Crippen LogP contribution in [-0.4, -0.2) is 7.05 Å². The fraction of sp³-hybridized carbons (Fsp3) is 0.0833. The van der Waals surface area contributed by atoms with Crippen LogP contribution in [0.1, 0.15) is 27.8 Å². The molecule has 3 aromatic heterocycles. The summed E-state index contributed by atoms with van der Waals surface area (Å²) in [6.07, 6.45) is 0. The summed E-state index contributed by atoms with van der Waals surface area (Å²) in [5.74, 6) is 0. The van der Waals surface area contributed by atoms with Crippen LogP contribution in [-0.2, 0) is 0 Å². The molecule has 0 aliphatic rings. The summed E-state index contributed by atoms with van der Waals surface area (Å²) in [6.45, 7) is 10.9. The van der Waals surface area contributed by atoms with Crippen molar-refractivity contribution in [2.75, 3.05) is 26.6 Å². The van der Waals surface area contributed by atoms with E-state index in [1.165, 1.54) is 99.7 Å². The SMILES string of the molecule is Cc1cccc(N(C)c2ccc3sc4ccc(N(c5cccc(C)c5)c5ccc6sc7ccc(N(c8cccc(C)c8)c8ccc9sc%10ccc(N(c%11cccc(C)c%11)c%11cccc(C)c%11)cc%10c9c8)cc7c6c5)cc4c3c2)c1. The maximum absolute atomic E-state index is 2.45. The van der Waals surface area contributed by atoms with E-state index in [4.69, 9.17) is 0 Å². The molecule has 0 spiro atoms. The number of anilines is 11. The first-order valence-electron chi connectivity index (χ1n) is 26.9. The van der Waals surface area contributed by atoms with Gasteiger partial charge < -0.3 is 19.6 Å². The van der Waals surface area contributed by atoms with Crippen LogP contribution in [0.3, 0.4) is 0 Å². The maximum atomic E-state index is 2.45. The molecule has 14 rings (SSSR count). The summed E-state index contributed by atoms with van der Waals surface area (Å²) >= 11 is 5.58. The molecule has 382 valence electrons. The number of nitrogens with zero attached hydrogens (tertiary/aromatic N) is 4. The van der Waals surface area contributed by atoms with Gasteiger partial charge in [-0.05, 0) is 232 Å². The Morgan fingerprint density at radius 3 is 0.658 bits per heavy atom. The summed E-state index contributed by atoms with van der Waals surface area (Å²) in [6, 6.07) is 86.2. The van der Waals surface area contributed by atoms with Crippen molar-refractivity contribution in [2.24, 2.45) is 0 Å². The van der Waals surface area contributed by atoms with E-state index in [1.54, 1.807) is 0 Å². The second kappa shape index (κ2) is 19.6. The van der Waals surface area contributed by atoms with Crippen molar-refractivity contribution in [1.82, 2.24) is 0 Å². The minimum Gasteiger partial charge on any atom is -0.345 e. The molecule has 14 aromatic rings. The lowest BCUT2D eigenvalue weighted by molar-refractivity contribution is 1.21. The van der Waals surface area contributed by atoms with E-state index in [1.807, 2.05) is 34.0 Å². The Hall–Kier alpha value is -8.72. The summed E-state index contributed by atoms with van der Waals surface area (Å²) < 4.78 is 7.63. The molecule has 0 radical (unpaired) electrons. The van der Waals surface area contributed by atoms with Crippen LogP contribution < -0.4 is 19.6 Å². The molecule has 0 aliphatic heterocycles. The van der Waals surface area contributed by atoms with Gasteiger partial charge in [0.05, 0.1) is 0 Å². The Bertz CT molecular complexity index is 4650. The van der Waals surface area contributed by atoms with Gasteiger partial charge in [0, 0.05) is 130 Å². The third kappa shape index (κ3) is 8.94. The zero-order valence-electron chi connectivity index (χ0n) is 45.0. The molecule has 4 nitrogen and oxygen atoms in total. The van der Waals surface area contributed by atoms with Crippen LogP contribution in [0, 0.1) is 34.6 Å². The average molecular weight is 1070 g/mol. The van der Waals surface area contributed by atoms with Crippen molar-refractivity contribution < 1.29 is 0 Å². The van der Waals surface area contributed by atoms with Gasteiger partial charge in [0.1, 0.15) is 0 Å². The molecule has 0 fully saturated rings. The Morgan fingerprint density at radius 2 is 0.405 bits per heavy atom. The molecule has 0 amide bonds. The van der Waals surface area contributed by atoms with Crippen molar-refractivity contribution in [3.8, 4) is 0 Å². The van der Waals surface area contributed by atoms with Crippen LogP contribution >= 0.6 is 34.0 Å². The Kier molecular flexibility index (Phi) is 12.1. The van der Waals surface area contributed by atoms with Gasteiger partial charge in [-0.3, -0.25) is 0 Å². The zero-order chi connectivity index (χ0) is 53.5. The monoisotopic (exact) mass is 1070 g/mol. The van der Waals surface area contributed by atoms with Crippen molar-refractivity contribution in [3.05, 3.63) is 258 Å². The lowest BCUT2D eigenvalue weighted by Gasteiger charge is -2.27. The topological polar surface area (TPSA) is 13.0 Å². The number of aryl methyl sites for hydroxylation is 5. The lowest BCUT2D eigenvalue weighted by Crippen LogP contribution is -2.10. The fourth-order valence-corrected chi connectivity index (χ4v) is 14.8. The van der Waals surface area contributed by atoms with Gasteiger partial charge in [0.15, 0.2) is 0 Å². The van der Waals surface area contributed by atoms with Gasteiger partial charge in [0.25, 0.3) is 0 Å². The number of hydrogen-bond acceptors (Lipinski definition) is 7. The van der Waals surface area contributed by atoms with E-state index < -0.39 is 0 Å². The molecule has 0 atom stereocenters. The predicted octanol–water partition coefficient (Wildman–Crippen LogP) is 22.5. The first-order chi connectivity index (χ1) is 38.5. The molecular weight excluding hydrogens is 1020 g/mol. The van der Waals surface area contributed by atoms with E-state index in [-0.39, 0.29) is 0 Å². The van der Waals surface area contributed by atoms with Crippen molar-refractivity contribution >= 4 is 157 Å². The van der Waals surface area contributed by atoms with Crippen LogP contribution in [0.15, 0.2) is 231 Å². The second-order valence-corrected chi connectivity index (χ2v) is 24.4. The van der Waals surface area contributed by atoms with Crippen LogP contribution in [0.5, 0.6) is 0 Å². The van der Waals surface area contributed by atoms with Gasteiger partial charge >= 0.3 is 0 Å². The molecule has 0 saturated heterocycles. The molecule has 0 N–H and O–H groups in total. The minimum absolute atomic E-state index is 1.12. The molecular formula is C72H56N4S3. The molecule has 79 heavy (non-hydrogen) atoms. The molecule has 0 unspecified atom stereocenters. The highest BCUT2D eigenvalue weighted by Crippen LogP contribution is 2.48. The van der Waals surface area contributed by atoms with E-state index in [9.17, 15) is 0 Å². The molecule has 3 heterocycles. The van der Waals surface area contributed by atoms with E-state index in [0.29, 0.717) is 0 Å². The van der Waals surface area contributed by atoms with Gasteiger partial charge in [0.2, 0.25) is 0 Å². The molecule has 0 bridgehead atoms. The number of fused-ring (bicyclic) bond motifs is 9. The fourth-order valence-electron chi connectivity index (χ4n) is 11.6. The van der Waals surface area contributed by atoms with E-state index in [0.717, 1.165) is 51.2 Å². The Morgan fingerprint density at radius 1 is 0.215 bits per heavy atom. The third-order valence-electron chi connectivity index (χ3n) is 15.4. The number of hydrogen-bond donors (Lipinski definition) is 0. The van der Waals surface area contributed by atoms with Crippen molar-refractivity contribution in [1.29, 1.82) is 0 Å². The van der Waals surface area contributed by atoms with Gasteiger partial charge in [-0.1, -0.05) is 60.7 Å². The quantitative estimate of drug-likeness (QED) is 0.128. The molecule has 11 aromatic carbocycles. The van der Waals surface area contributed by atoms with Gasteiger partial charge in [-0.2, -0.15) is 0 Å². The first-order valence-corrected chi connectivity index (χ1v) is 29.4.